The number of hydrogen-bond donors (Lipinski definition) is 1. The number of nitrogens with one attached hydrogen (secondary N) is 1. The van der Waals surface area contributed by atoms with Gasteiger partial charge in [-0.25, -0.2) is 0 Å². The largest absolute Gasteiger partial charge is 0.497 e. The summed E-state index contributed by atoms with van der Waals surface area (Å²) >= 11 is 1.59. The Bertz CT molecular complexity index is 551. The van der Waals surface area contributed by atoms with Gasteiger partial charge in [0.15, 0.2) is 0 Å². The van der Waals surface area contributed by atoms with Gasteiger partial charge in [-0.2, -0.15) is 0 Å². The summed E-state index contributed by atoms with van der Waals surface area (Å²) in [7, 11) is 1.63. The Kier molecular flexibility index (Phi) is 5.63. The van der Waals surface area contributed by atoms with Gasteiger partial charge in [-0.1, -0.05) is 6.07 Å². The minimum atomic E-state index is -0.0421. The molecule has 0 spiro atoms. The van der Waals surface area contributed by atoms with E-state index in [0.717, 1.165) is 16.4 Å². The molecule has 1 aromatic heterocycles. The van der Waals surface area contributed by atoms with Crippen LogP contribution < -0.4 is 14.8 Å². The Labute approximate surface area is 128 Å². The summed E-state index contributed by atoms with van der Waals surface area (Å²) in [4.78, 5) is 12.9. The summed E-state index contributed by atoms with van der Waals surface area (Å²) in [6.07, 6.45) is 0.421. The van der Waals surface area contributed by atoms with Gasteiger partial charge in [0.1, 0.15) is 18.1 Å². The molecular weight excluding hydrogens is 286 g/mol. The van der Waals surface area contributed by atoms with Gasteiger partial charge in [-0.15, -0.1) is 11.3 Å². The molecule has 0 fully saturated rings. The van der Waals surface area contributed by atoms with Crippen molar-refractivity contribution in [1.29, 1.82) is 0 Å². The maximum Gasteiger partial charge on any atom is 0.225 e. The van der Waals surface area contributed by atoms with Crippen LogP contribution in [-0.2, 0) is 11.2 Å². The van der Waals surface area contributed by atoms with Crippen molar-refractivity contribution in [3.63, 3.8) is 0 Å². The van der Waals surface area contributed by atoms with Crippen LogP contribution in [0.25, 0.3) is 0 Å². The Morgan fingerprint density at radius 3 is 2.57 bits per heavy atom. The fourth-order valence-electron chi connectivity index (χ4n) is 1.83. The zero-order valence-corrected chi connectivity index (χ0v) is 13.0. The molecule has 0 aliphatic rings. The van der Waals surface area contributed by atoms with Crippen LogP contribution in [0.5, 0.6) is 11.5 Å². The van der Waals surface area contributed by atoms with Crippen molar-refractivity contribution in [2.45, 2.75) is 19.4 Å². The van der Waals surface area contributed by atoms with Crippen LogP contribution >= 0.6 is 11.3 Å². The number of hydrogen-bond acceptors (Lipinski definition) is 4. The van der Waals surface area contributed by atoms with Crippen LogP contribution in [0.1, 0.15) is 11.8 Å². The maximum atomic E-state index is 11.8. The highest BCUT2D eigenvalue weighted by molar-refractivity contribution is 7.10. The van der Waals surface area contributed by atoms with Crippen LogP contribution in [0.2, 0.25) is 0 Å². The second kappa shape index (κ2) is 7.69. The van der Waals surface area contributed by atoms with E-state index < -0.39 is 0 Å². The SMILES string of the molecule is COc1ccc(OC[C@@H](C)NC(=O)Cc2cccs2)cc1. The second-order valence-electron chi connectivity index (χ2n) is 4.71. The van der Waals surface area contributed by atoms with Crippen molar-refractivity contribution in [3.05, 3.63) is 46.7 Å². The van der Waals surface area contributed by atoms with Crippen molar-refractivity contribution >= 4 is 17.2 Å². The van der Waals surface area contributed by atoms with Crippen LogP contribution in [0.4, 0.5) is 0 Å². The van der Waals surface area contributed by atoms with Crippen molar-refractivity contribution in [2.24, 2.45) is 0 Å². The van der Waals surface area contributed by atoms with Gasteiger partial charge in [-0.05, 0) is 42.6 Å². The molecule has 1 amide bonds. The molecule has 0 aliphatic heterocycles. The third-order valence-corrected chi connectivity index (χ3v) is 3.76. The molecule has 1 aromatic carbocycles. The average Bonchev–Trinajstić information content (AvgIpc) is 2.98. The summed E-state index contributed by atoms with van der Waals surface area (Å²) < 4.78 is 10.7. The van der Waals surface area contributed by atoms with Gasteiger partial charge in [-0.3, -0.25) is 4.79 Å². The average molecular weight is 305 g/mol. The molecule has 0 aliphatic carbocycles. The highest BCUT2D eigenvalue weighted by Crippen LogP contribution is 2.17. The van der Waals surface area contributed by atoms with E-state index >= 15 is 0 Å². The number of carbonyl (C=O) groups excluding carboxylic acids is 1. The molecule has 4 nitrogen and oxygen atoms in total. The predicted molar refractivity (Wildman–Crippen MR) is 84.1 cm³/mol. The minimum absolute atomic E-state index is 0.0169. The van der Waals surface area contributed by atoms with E-state index in [1.54, 1.807) is 18.4 Å². The fourth-order valence-corrected chi connectivity index (χ4v) is 2.54. The van der Waals surface area contributed by atoms with E-state index in [1.807, 2.05) is 48.7 Å². The van der Waals surface area contributed by atoms with E-state index in [0.29, 0.717) is 13.0 Å². The number of carbonyl (C=O) groups is 1. The van der Waals surface area contributed by atoms with E-state index in [1.165, 1.54) is 0 Å². The molecule has 1 atom stereocenters. The van der Waals surface area contributed by atoms with Crippen molar-refractivity contribution in [1.82, 2.24) is 5.32 Å². The molecule has 0 unspecified atom stereocenters. The Balaban J connectivity index is 1.73. The number of ether oxygens (including phenoxy) is 2. The first kappa shape index (κ1) is 15.4. The lowest BCUT2D eigenvalue weighted by molar-refractivity contribution is -0.121. The van der Waals surface area contributed by atoms with Crippen LogP contribution in [0.15, 0.2) is 41.8 Å². The van der Waals surface area contributed by atoms with Crippen molar-refractivity contribution < 1.29 is 14.3 Å². The lowest BCUT2D eigenvalue weighted by Crippen LogP contribution is -2.37. The van der Waals surface area contributed by atoms with Crippen LogP contribution in [-0.4, -0.2) is 25.7 Å². The lowest BCUT2D eigenvalue weighted by Gasteiger charge is -2.15. The molecule has 0 radical (unpaired) electrons. The Hall–Kier alpha value is -2.01. The van der Waals surface area contributed by atoms with E-state index in [4.69, 9.17) is 9.47 Å². The zero-order valence-electron chi connectivity index (χ0n) is 12.2. The molecule has 1 N–H and O–H groups in total. The molecule has 2 aromatic rings. The molecule has 0 saturated heterocycles. The summed E-state index contributed by atoms with van der Waals surface area (Å²) in [6.45, 7) is 2.36. The van der Waals surface area contributed by atoms with Crippen LogP contribution in [0, 0.1) is 0 Å². The zero-order chi connectivity index (χ0) is 15.1. The summed E-state index contributed by atoms with van der Waals surface area (Å²) in [5.74, 6) is 1.57. The monoisotopic (exact) mass is 305 g/mol. The standard InChI is InChI=1S/C16H19NO3S/c1-12(17-16(18)10-15-4-3-9-21-15)11-20-14-7-5-13(19-2)6-8-14/h3-9,12H,10-11H2,1-2H3,(H,17,18)/t12-/m1/s1. The third-order valence-electron chi connectivity index (χ3n) is 2.88. The van der Waals surface area contributed by atoms with Crippen molar-refractivity contribution in [3.8, 4) is 11.5 Å². The summed E-state index contributed by atoms with van der Waals surface area (Å²) in [6, 6.07) is 11.2. The lowest BCUT2D eigenvalue weighted by atomic mass is 10.3. The Morgan fingerprint density at radius 2 is 1.95 bits per heavy atom. The van der Waals surface area contributed by atoms with Crippen LogP contribution in [0.3, 0.4) is 0 Å². The molecular formula is C16H19NO3S. The number of benzene rings is 1. The molecule has 112 valence electrons. The molecule has 2 rings (SSSR count). The summed E-state index contributed by atoms with van der Waals surface area (Å²) in [5.41, 5.74) is 0. The number of amides is 1. The van der Waals surface area contributed by atoms with Crippen molar-refractivity contribution in [2.75, 3.05) is 13.7 Å². The highest BCUT2D eigenvalue weighted by Gasteiger charge is 2.09. The first-order valence-electron chi connectivity index (χ1n) is 6.76. The molecule has 0 saturated carbocycles. The smallest absolute Gasteiger partial charge is 0.225 e. The highest BCUT2D eigenvalue weighted by atomic mass is 32.1. The predicted octanol–water partition coefficient (Wildman–Crippen LogP) is 2.88. The maximum absolute atomic E-state index is 11.8. The second-order valence-corrected chi connectivity index (χ2v) is 5.74. The topological polar surface area (TPSA) is 47.6 Å². The first-order chi connectivity index (χ1) is 10.2. The van der Waals surface area contributed by atoms with E-state index in [-0.39, 0.29) is 11.9 Å². The van der Waals surface area contributed by atoms with Gasteiger partial charge in [0, 0.05) is 4.88 Å². The normalized spacial score (nSPS) is 11.7. The van der Waals surface area contributed by atoms with Gasteiger partial charge < -0.3 is 14.8 Å². The third kappa shape index (κ3) is 5.11. The molecule has 1 heterocycles. The first-order valence-corrected chi connectivity index (χ1v) is 7.64. The summed E-state index contributed by atoms with van der Waals surface area (Å²) in [5, 5.41) is 4.90. The fraction of sp³-hybridized carbons (Fsp3) is 0.312. The van der Waals surface area contributed by atoms with Gasteiger partial charge in [0.2, 0.25) is 5.91 Å². The molecule has 5 heteroatoms. The number of methoxy groups -OCH3 is 1. The molecule has 0 bridgehead atoms. The van der Waals surface area contributed by atoms with E-state index in [9.17, 15) is 4.79 Å². The quantitative estimate of drug-likeness (QED) is 0.855. The molecule has 21 heavy (non-hydrogen) atoms. The number of rotatable bonds is 7. The Morgan fingerprint density at radius 1 is 1.24 bits per heavy atom. The van der Waals surface area contributed by atoms with Gasteiger partial charge in [0.05, 0.1) is 19.6 Å². The van der Waals surface area contributed by atoms with Gasteiger partial charge in [0.25, 0.3) is 0 Å². The van der Waals surface area contributed by atoms with E-state index in [2.05, 4.69) is 5.32 Å². The minimum Gasteiger partial charge on any atom is -0.497 e. The number of thiophene rings is 1. The van der Waals surface area contributed by atoms with Gasteiger partial charge >= 0.3 is 0 Å².